The SMILES string of the molecule is c1ccc(C2(c3cccc(-c4nc(-c5cccc6c5oc5ccccc56)cc(-n5c6ccccc6c6ccccc65)n4)c3)c3ccccc3-c3ccccc32)cc1. The van der Waals surface area contributed by atoms with Crippen LogP contribution in [0.4, 0.5) is 0 Å². The van der Waals surface area contributed by atoms with E-state index in [1.807, 2.05) is 12.1 Å². The van der Waals surface area contributed by atoms with Crippen LogP contribution in [0.1, 0.15) is 22.3 Å². The predicted octanol–water partition coefficient (Wildman–Crippen LogP) is 13.2. The Balaban J connectivity index is 1.15. The van der Waals surface area contributed by atoms with Crippen molar-refractivity contribution in [1.82, 2.24) is 14.5 Å². The van der Waals surface area contributed by atoms with Gasteiger partial charge in [-0.05, 0) is 63.7 Å². The number of nitrogens with zero attached hydrogens (tertiary/aromatic N) is 3. The molecule has 12 rings (SSSR count). The van der Waals surface area contributed by atoms with Gasteiger partial charge in [0.2, 0.25) is 0 Å². The van der Waals surface area contributed by atoms with Crippen LogP contribution in [0.5, 0.6) is 0 Å². The average Bonchev–Trinajstić information content (AvgIpc) is 3.93. The van der Waals surface area contributed by atoms with Crippen LogP contribution in [-0.2, 0) is 5.41 Å². The second kappa shape index (κ2) is 12.2. The average molecular weight is 728 g/mol. The molecular formula is C53H33N3O. The van der Waals surface area contributed by atoms with E-state index in [-0.39, 0.29) is 0 Å². The smallest absolute Gasteiger partial charge is 0.162 e. The molecule has 4 nitrogen and oxygen atoms in total. The first-order valence-electron chi connectivity index (χ1n) is 19.4. The minimum Gasteiger partial charge on any atom is -0.455 e. The molecule has 0 saturated carbocycles. The third kappa shape index (κ3) is 4.56. The lowest BCUT2D eigenvalue weighted by Crippen LogP contribution is -2.28. The Bertz CT molecular complexity index is 3270. The fourth-order valence-electron chi connectivity index (χ4n) is 9.54. The Morgan fingerprint density at radius 3 is 1.72 bits per heavy atom. The van der Waals surface area contributed by atoms with Crippen molar-refractivity contribution in [3.8, 4) is 39.6 Å². The van der Waals surface area contributed by atoms with E-state index in [4.69, 9.17) is 14.4 Å². The molecule has 1 aliphatic carbocycles. The Morgan fingerprint density at radius 2 is 0.982 bits per heavy atom. The minimum atomic E-state index is -0.544. The molecule has 3 aromatic heterocycles. The van der Waals surface area contributed by atoms with Crippen LogP contribution in [-0.4, -0.2) is 14.5 Å². The zero-order valence-corrected chi connectivity index (χ0v) is 30.8. The molecule has 11 aromatic rings. The number of fused-ring (bicyclic) bond motifs is 9. The number of para-hydroxylation sites is 4. The van der Waals surface area contributed by atoms with Gasteiger partial charge in [0.25, 0.3) is 0 Å². The van der Waals surface area contributed by atoms with Crippen molar-refractivity contribution >= 4 is 43.7 Å². The molecule has 0 saturated heterocycles. The van der Waals surface area contributed by atoms with Gasteiger partial charge in [-0.15, -0.1) is 0 Å². The molecule has 3 heterocycles. The Kier molecular flexibility index (Phi) is 6.81. The van der Waals surface area contributed by atoms with Crippen molar-refractivity contribution in [1.29, 1.82) is 0 Å². The first-order valence-corrected chi connectivity index (χ1v) is 19.4. The molecule has 0 fully saturated rings. The lowest BCUT2D eigenvalue weighted by atomic mass is 9.67. The number of furan rings is 1. The van der Waals surface area contributed by atoms with Crippen LogP contribution in [0, 0.1) is 0 Å². The molecule has 0 atom stereocenters. The standard InChI is InChI=1S/C53H33N3O/c1-2-17-35(18-3-1)53(44-27-9-4-20-37(44)38-21-5-10-28-45(38)53)36-19-14-16-34(32-36)52-54-46(43-26-15-25-42-41-24-8-13-31-49(41)57-51(42)43)33-50(55-52)56-47-29-11-6-22-39(47)40-23-7-12-30-48(40)56/h1-33H. The monoisotopic (exact) mass is 727 g/mol. The van der Waals surface area contributed by atoms with Crippen molar-refractivity contribution < 1.29 is 4.42 Å². The second-order valence-corrected chi connectivity index (χ2v) is 14.9. The highest BCUT2D eigenvalue weighted by atomic mass is 16.3. The van der Waals surface area contributed by atoms with Crippen molar-refractivity contribution in [3.05, 3.63) is 222 Å². The van der Waals surface area contributed by atoms with Gasteiger partial charge in [-0.25, -0.2) is 9.97 Å². The van der Waals surface area contributed by atoms with Gasteiger partial charge < -0.3 is 4.42 Å². The first kappa shape index (κ1) is 31.8. The van der Waals surface area contributed by atoms with Crippen LogP contribution in [0.2, 0.25) is 0 Å². The fourth-order valence-corrected chi connectivity index (χ4v) is 9.54. The summed E-state index contributed by atoms with van der Waals surface area (Å²) in [6.07, 6.45) is 0. The number of rotatable bonds is 5. The summed E-state index contributed by atoms with van der Waals surface area (Å²) in [5.74, 6) is 1.43. The maximum Gasteiger partial charge on any atom is 0.162 e. The normalized spacial score (nSPS) is 13.1. The molecule has 1 aliphatic rings. The molecule has 266 valence electrons. The number of hydrogen-bond acceptors (Lipinski definition) is 3. The van der Waals surface area contributed by atoms with Crippen molar-refractivity contribution in [2.75, 3.05) is 0 Å². The second-order valence-electron chi connectivity index (χ2n) is 14.9. The Hall–Kier alpha value is -7.56. The molecule has 0 bridgehead atoms. The minimum absolute atomic E-state index is 0.544. The van der Waals surface area contributed by atoms with Gasteiger partial charge in [0.1, 0.15) is 17.0 Å². The highest BCUT2D eigenvalue weighted by Crippen LogP contribution is 2.56. The van der Waals surface area contributed by atoms with Crippen molar-refractivity contribution in [2.45, 2.75) is 5.41 Å². The quantitative estimate of drug-likeness (QED) is 0.177. The topological polar surface area (TPSA) is 43.9 Å². The highest BCUT2D eigenvalue weighted by Gasteiger charge is 2.46. The molecule has 8 aromatic carbocycles. The van der Waals surface area contributed by atoms with Gasteiger partial charge in [-0.2, -0.15) is 0 Å². The third-order valence-corrected chi connectivity index (χ3v) is 11.9. The molecule has 0 N–H and O–H groups in total. The van der Waals surface area contributed by atoms with Crippen LogP contribution < -0.4 is 0 Å². The van der Waals surface area contributed by atoms with E-state index >= 15 is 0 Å². The number of benzene rings is 8. The number of hydrogen-bond donors (Lipinski definition) is 0. The molecular weight excluding hydrogens is 695 g/mol. The zero-order chi connectivity index (χ0) is 37.5. The van der Waals surface area contributed by atoms with Gasteiger partial charge in [0, 0.05) is 38.7 Å². The fraction of sp³-hybridized carbons (Fsp3) is 0.0189. The lowest BCUT2D eigenvalue weighted by molar-refractivity contribution is 0.670. The summed E-state index contributed by atoms with van der Waals surface area (Å²) in [5, 5.41) is 4.51. The lowest BCUT2D eigenvalue weighted by Gasteiger charge is -2.34. The molecule has 0 spiro atoms. The van der Waals surface area contributed by atoms with Gasteiger partial charge in [-0.3, -0.25) is 4.57 Å². The van der Waals surface area contributed by atoms with Crippen LogP contribution in [0.15, 0.2) is 205 Å². The van der Waals surface area contributed by atoms with E-state index in [0.29, 0.717) is 5.82 Å². The summed E-state index contributed by atoms with van der Waals surface area (Å²) >= 11 is 0. The summed E-state index contributed by atoms with van der Waals surface area (Å²) in [6, 6.07) is 71.3. The summed E-state index contributed by atoms with van der Waals surface area (Å²) in [7, 11) is 0. The van der Waals surface area contributed by atoms with E-state index in [1.54, 1.807) is 0 Å². The third-order valence-electron chi connectivity index (χ3n) is 11.9. The van der Waals surface area contributed by atoms with E-state index in [1.165, 1.54) is 38.6 Å². The number of aromatic nitrogens is 3. The molecule has 0 aliphatic heterocycles. The van der Waals surface area contributed by atoms with E-state index in [2.05, 4.69) is 193 Å². The van der Waals surface area contributed by atoms with Gasteiger partial charge >= 0.3 is 0 Å². The predicted molar refractivity (Wildman–Crippen MR) is 232 cm³/mol. The van der Waals surface area contributed by atoms with Crippen LogP contribution in [0.3, 0.4) is 0 Å². The largest absolute Gasteiger partial charge is 0.455 e. The molecule has 4 heteroatoms. The zero-order valence-electron chi connectivity index (χ0n) is 30.8. The van der Waals surface area contributed by atoms with E-state index < -0.39 is 5.41 Å². The van der Waals surface area contributed by atoms with Gasteiger partial charge in [-0.1, -0.05) is 164 Å². The maximum absolute atomic E-state index is 6.60. The van der Waals surface area contributed by atoms with E-state index in [0.717, 1.165) is 61.2 Å². The highest BCUT2D eigenvalue weighted by molar-refractivity contribution is 6.10. The molecule has 57 heavy (non-hydrogen) atoms. The van der Waals surface area contributed by atoms with E-state index in [9.17, 15) is 0 Å². The maximum atomic E-state index is 6.60. The molecule has 0 unspecified atom stereocenters. The van der Waals surface area contributed by atoms with Crippen LogP contribution >= 0.6 is 0 Å². The summed E-state index contributed by atoms with van der Waals surface area (Å²) in [5.41, 5.74) is 13.4. The Morgan fingerprint density at radius 1 is 0.421 bits per heavy atom. The summed E-state index contributed by atoms with van der Waals surface area (Å²) in [6.45, 7) is 0. The molecule has 0 radical (unpaired) electrons. The van der Waals surface area contributed by atoms with Crippen LogP contribution in [0.25, 0.3) is 83.3 Å². The summed E-state index contributed by atoms with van der Waals surface area (Å²) < 4.78 is 8.88. The first-order chi connectivity index (χ1) is 28.3. The van der Waals surface area contributed by atoms with Gasteiger partial charge in [0.05, 0.1) is 22.1 Å². The van der Waals surface area contributed by atoms with Crippen molar-refractivity contribution in [2.24, 2.45) is 0 Å². The van der Waals surface area contributed by atoms with Crippen molar-refractivity contribution in [3.63, 3.8) is 0 Å². The molecule has 0 amide bonds. The Labute approximate surface area is 329 Å². The summed E-state index contributed by atoms with van der Waals surface area (Å²) in [4.78, 5) is 10.9. The van der Waals surface area contributed by atoms with Gasteiger partial charge in [0.15, 0.2) is 5.82 Å².